The summed E-state index contributed by atoms with van der Waals surface area (Å²) in [6, 6.07) is 7.55. The van der Waals surface area contributed by atoms with Crippen LogP contribution in [0.5, 0.6) is 0 Å². The third kappa shape index (κ3) is 4.14. The number of carboxylic acids is 1. The van der Waals surface area contributed by atoms with Crippen molar-refractivity contribution in [3.63, 3.8) is 0 Å². The van der Waals surface area contributed by atoms with Crippen LogP contribution in [0.4, 0.5) is 0 Å². The summed E-state index contributed by atoms with van der Waals surface area (Å²) in [7, 11) is 0. The van der Waals surface area contributed by atoms with E-state index in [9.17, 15) is 9.59 Å². The predicted octanol–water partition coefficient (Wildman–Crippen LogP) is 2.90. The maximum atomic E-state index is 12.1. The van der Waals surface area contributed by atoms with Gasteiger partial charge < -0.3 is 10.0 Å². The summed E-state index contributed by atoms with van der Waals surface area (Å²) in [4.78, 5) is 24.9. The number of hydrogen-bond donors (Lipinski definition) is 1. The van der Waals surface area contributed by atoms with E-state index in [-0.39, 0.29) is 5.91 Å². The molecule has 1 fully saturated rings. The molecule has 0 saturated carbocycles. The summed E-state index contributed by atoms with van der Waals surface area (Å²) in [5, 5.41) is 9.86. The highest BCUT2D eigenvalue weighted by Gasteiger charge is 2.41. The minimum Gasteiger partial charge on any atom is -0.481 e. The van der Waals surface area contributed by atoms with Gasteiger partial charge in [-0.1, -0.05) is 23.7 Å². The van der Waals surface area contributed by atoms with Crippen molar-refractivity contribution in [3.8, 4) is 0 Å². The number of benzene rings is 1. The molecule has 1 atom stereocenters. The monoisotopic (exact) mass is 327 g/mol. The summed E-state index contributed by atoms with van der Waals surface area (Å²) in [6.45, 7) is 2.54. The van der Waals surface area contributed by atoms with Crippen LogP contribution in [-0.4, -0.2) is 40.7 Å². The first kappa shape index (κ1) is 16.2. The average Bonchev–Trinajstić information content (AvgIpc) is 2.85. The minimum atomic E-state index is -0.827. The molecule has 1 saturated heterocycles. The van der Waals surface area contributed by atoms with Crippen molar-refractivity contribution in [2.75, 3.05) is 18.8 Å². The zero-order valence-corrected chi connectivity index (χ0v) is 13.4. The van der Waals surface area contributed by atoms with Gasteiger partial charge in [0.25, 0.3) is 0 Å². The molecule has 0 radical (unpaired) electrons. The minimum absolute atomic E-state index is 0.0129. The number of carbonyl (C=O) groups is 2. The molecule has 4 nitrogen and oxygen atoms in total. The fourth-order valence-electron chi connectivity index (χ4n) is 2.28. The molecule has 2 rings (SSSR count). The lowest BCUT2D eigenvalue weighted by molar-refractivity contribution is -0.147. The quantitative estimate of drug-likeness (QED) is 0.903. The Bertz CT molecular complexity index is 534. The summed E-state index contributed by atoms with van der Waals surface area (Å²) >= 11 is 7.35. The van der Waals surface area contributed by atoms with Gasteiger partial charge in [0.15, 0.2) is 0 Å². The third-order valence-corrected chi connectivity index (χ3v) is 4.99. The molecular weight excluding hydrogens is 310 g/mol. The number of thioether (sulfide) groups is 1. The molecule has 0 spiro atoms. The van der Waals surface area contributed by atoms with E-state index < -0.39 is 11.4 Å². The summed E-state index contributed by atoms with van der Waals surface area (Å²) in [6.07, 6.45) is 0.524. The fraction of sp³-hybridized carbons (Fsp3) is 0.467. The predicted molar refractivity (Wildman–Crippen MR) is 84.6 cm³/mol. The zero-order valence-electron chi connectivity index (χ0n) is 11.8. The molecule has 1 amide bonds. The number of nitrogens with zero attached hydrogens (tertiary/aromatic N) is 1. The molecule has 1 aliphatic heterocycles. The van der Waals surface area contributed by atoms with Crippen molar-refractivity contribution >= 4 is 35.2 Å². The molecular formula is C15H18ClNO3S. The van der Waals surface area contributed by atoms with E-state index in [2.05, 4.69) is 0 Å². The van der Waals surface area contributed by atoms with Crippen molar-refractivity contribution in [2.24, 2.45) is 5.41 Å². The molecule has 1 N–H and O–H groups in total. The lowest BCUT2D eigenvalue weighted by Gasteiger charge is -2.20. The molecule has 0 aliphatic carbocycles. The second-order valence-corrected chi connectivity index (χ2v) is 6.97. The van der Waals surface area contributed by atoms with E-state index >= 15 is 0 Å². The Kier molecular flexibility index (Phi) is 5.17. The summed E-state index contributed by atoms with van der Waals surface area (Å²) in [5.74, 6) is 0.302. The molecule has 0 bridgehead atoms. The number of carboxylic acid groups (broad SMARTS) is 1. The first-order valence-electron chi connectivity index (χ1n) is 6.74. The van der Waals surface area contributed by atoms with Crippen LogP contribution in [-0.2, 0) is 15.3 Å². The van der Waals surface area contributed by atoms with E-state index in [1.165, 1.54) is 11.8 Å². The van der Waals surface area contributed by atoms with E-state index in [1.54, 1.807) is 11.8 Å². The average molecular weight is 328 g/mol. The van der Waals surface area contributed by atoms with E-state index in [0.29, 0.717) is 30.3 Å². The number of likely N-dealkylation sites (tertiary alicyclic amines) is 1. The van der Waals surface area contributed by atoms with Crippen LogP contribution in [0, 0.1) is 5.41 Å². The molecule has 1 aromatic rings. The van der Waals surface area contributed by atoms with Crippen LogP contribution in [0.1, 0.15) is 18.9 Å². The molecule has 114 valence electrons. The summed E-state index contributed by atoms with van der Waals surface area (Å²) in [5.41, 5.74) is 0.324. The Labute approximate surface area is 133 Å². The highest BCUT2D eigenvalue weighted by atomic mass is 35.5. The van der Waals surface area contributed by atoms with Gasteiger partial charge in [0, 0.05) is 23.9 Å². The number of carbonyl (C=O) groups excluding carboxylic acids is 1. The summed E-state index contributed by atoms with van der Waals surface area (Å²) < 4.78 is 0. The van der Waals surface area contributed by atoms with Crippen molar-refractivity contribution in [3.05, 3.63) is 34.9 Å². The SMILES string of the molecule is CC1(C(=O)O)CCN(C(=O)CSCc2ccc(Cl)cc2)C1. The van der Waals surface area contributed by atoms with Gasteiger partial charge in [-0.2, -0.15) is 0 Å². The molecule has 1 unspecified atom stereocenters. The van der Waals surface area contributed by atoms with Crippen molar-refractivity contribution in [1.82, 2.24) is 4.90 Å². The van der Waals surface area contributed by atoms with Crippen LogP contribution in [0.15, 0.2) is 24.3 Å². The van der Waals surface area contributed by atoms with Gasteiger partial charge in [-0.15, -0.1) is 11.8 Å². The Morgan fingerprint density at radius 1 is 1.38 bits per heavy atom. The Hall–Kier alpha value is -1.20. The molecule has 21 heavy (non-hydrogen) atoms. The molecule has 1 heterocycles. The highest BCUT2D eigenvalue weighted by Crippen LogP contribution is 2.30. The maximum Gasteiger partial charge on any atom is 0.311 e. The molecule has 6 heteroatoms. The van der Waals surface area contributed by atoms with Crippen LogP contribution >= 0.6 is 23.4 Å². The van der Waals surface area contributed by atoms with Gasteiger partial charge in [-0.25, -0.2) is 0 Å². The topological polar surface area (TPSA) is 57.6 Å². The Morgan fingerprint density at radius 3 is 2.62 bits per heavy atom. The standard InChI is InChI=1S/C15H18ClNO3S/c1-15(14(19)20)6-7-17(10-15)13(18)9-21-8-11-2-4-12(16)5-3-11/h2-5H,6-10H2,1H3,(H,19,20). The van der Waals surface area contributed by atoms with Crippen LogP contribution in [0.25, 0.3) is 0 Å². The molecule has 1 aromatic carbocycles. The van der Waals surface area contributed by atoms with E-state index in [0.717, 1.165) is 11.3 Å². The second-order valence-electron chi connectivity index (χ2n) is 5.55. The van der Waals surface area contributed by atoms with Crippen LogP contribution < -0.4 is 0 Å². The number of rotatable bonds is 5. The molecule has 1 aliphatic rings. The third-order valence-electron chi connectivity index (χ3n) is 3.75. The van der Waals surface area contributed by atoms with Crippen molar-refractivity contribution < 1.29 is 14.7 Å². The number of amides is 1. The zero-order chi connectivity index (χ0) is 15.5. The fourth-order valence-corrected chi connectivity index (χ4v) is 3.29. The Balaban J connectivity index is 1.78. The smallest absolute Gasteiger partial charge is 0.311 e. The maximum absolute atomic E-state index is 12.1. The van der Waals surface area contributed by atoms with E-state index in [1.807, 2.05) is 24.3 Å². The lowest BCUT2D eigenvalue weighted by atomic mass is 9.90. The normalized spacial score (nSPS) is 21.5. The van der Waals surface area contributed by atoms with Gasteiger partial charge in [0.2, 0.25) is 5.91 Å². The van der Waals surface area contributed by atoms with Gasteiger partial charge in [-0.3, -0.25) is 9.59 Å². The van der Waals surface area contributed by atoms with Gasteiger partial charge in [-0.05, 0) is 31.0 Å². The second kappa shape index (κ2) is 6.71. The van der Waals surface area contributed by atoms with Crippen molar-refractivity contribution in [1.29, 1.82) is 0 Å². The first-order valence-corrected chi connectivity index (χ1v) is 8.27. The highest BCUT2D eigenvalue weighted by molar-refractivity contribution is 7.99. The number of hydrogen-bond acceptors (Lipinski definition) is 3. The number of aliphatic carboxylic acids is 1. The number of halogens is 1. The first-order chi connectivity index (χ1) is 9.90. The largest absolute Gasteiger partial charge is 0.481 e. The Morgan fingerprint density at radius 2 is 2.05 bits per heavy atom. The van der Waals surface area contributed by atoms with E-state index in [4.69, 9.17) is 16.7 Å². The van der Waals surface area contributed by atoms with Crippen LogP contribution in [0.2, 0.25) is 5.02 Å². The van der Waals surface area contributed by atoms with Gasteiger partial charge in [0.1, 0.15) is 0 Å². The molecule has 0 aromatic heterocycles. The van der Waals surface area contributed by atoms with Gasteiger partial charge in [0.05, 0.1) is 11.2 Å². The van der Waals surface area contributed by atoms with Crippen molar-refractivity contribution in [2.45, 2.75) is 19.1 Å². The lowest BCUT2D eigenvalue weighted by Crippen LogP contribution is -2.35. The van der Waals surface area contributed by atoms with Crippen LogP contribution in [0.3, 0.4) is 0 Å². The van der Waals surface area contributed by atoms with Gasteiger partial charge >= 0.3 is 5.97 Å².